The molecule has 0 heterocycles. The molecule has 1 aliphatic rings. The van der Waals surface area contributed by atoms with Crippen molar-refractivity contribution >= 4 is 17.5 Å². The summed E-state index contributed by atoms with van der Waals surface area (Å²) in [6.45, 7) is 6.47. The monoisotopic (exact) mass is 359 g/mol. The van der Waals surface area contributed by atoms with Crippen molar-refractivity contribution in [3.05, 3.63) is 29.8 Å². The summed E-state index contributed by atoms with van der Waals surface area (Å²) < 4.78 is 0. The molecule has 1 aromatic rings. The molecule has 144 valence electrons. The van der Waals surface area contributed by atoms with Gasteiger partial charge >= 0.3 is 0 Å². The van der Waals surface area contributed by atoms with Gasteiger partial charge in [0.2, 0.25) is 5.91 Å². The van der Waals surface area contributed by atoms with E-state index in [0.717, 1.165) is 38.8 Å². The van der Waals surface area contributed by atoms with Crippen molar-refractivity contribution in [2.75, 3.05) is 25.0 Å². The highest BCUT2D eigenvalue weighted by molar-refractivity contribution is 5.97. The number of carbonyl (C=O) groups excluding carboxylic acids is 2. The van der Waals surface area contributed by atoms with Crippen molar-refractivity contribution in [3.63, 3.8) is 0 Å². The quantitative estimate of drug-likeness (QED) is 0.705. The van der Waals surface area contributed by atoms with Gasteiger partial charge in [-0.3, -0.25) is 14.5 Å². The molecule has 2 rings (SSSR count). The molecule has 0 atom stereocenters. The van der Waals surface area contributed by atoms with Crippen LogP contribution in [-0.4, -0.2) is 42.4 Å². The summed E-state index contributed by atoms with van der Waals surface area (Å²) in [6.07, 6.45) is 7.83. The molecule has 0 spiro atoms. The smallest absolute Gasteiger partial charge is 0.251 e. The first-order valence-electron chi connectivity index (χ1n) is 10.1. The van der Waals surface area contributed by atoms with E-state index in [2.05, 4.69) is 29.4 Å². The molecule has 0 bridgehead atoms. The molecular formula is C21H33N3O2. The first kappa shape index (κ1) is 20.4. The van der Waals surface area contributed by atoms with E-state index in [1.54, 1.807) is 12.1 Å². The lowest BCUT2D eigenvalue weighted by Crippen LogP contribution is -2.36. The van der Waals surface area contributed by atoms with Gasteiger partial charge in [0.1, 0.15) is 0 Å². The molecule has 1 aromatic carbocycles. The minimum Gasteiger partial charge on any atom is -0.349 e. The first-order chi connectivity index (χ1) is 12.6. The fourth-order valence-corrected chi connectivity index (χ4v) is 3.56. The second-order valence-corrected chi connectivity index (χ2v) is 7.21. The fourth-order valence-electron chi connectivity index (χ4n) is 3.56. The normalized spacial score (nSPS) is 15.0. The number of carbonyl (C=O) groups is 2. The van der Waals surface area contributed by atoms with Gasteiger partial charge in [-0.25, -0.2) is 0 Å². The zero-order valence-corrected chi connectivity index (χ0v) is 16.2. The molecule has 5 nitrogen and oxygen atoms in total. The van der Waals surface area contributed by atoms with E-state index < -0.39 is 0 Å². The second-order valence-electron chi connectivity index (χ2n) is 7.21. The van der Waals surface area contributed by atoms with Crippen LogP contribution in [0.5, 0.6) is 0 Å². The summed E-state index contributed by atoms with van der Waals surface area (Å²) >= 11 is 0. The standard InChI is InChI=1S/C21H33N3O2/c1-3-13-24(14-4-2)16-20(25)22-19-12-8-9-17(15-19)21(26)23-18-10-6-5-7-11-18/h8-9,12,15,18H,3-7,10-11,13-14,16H2,1-2H3,(H,22,25)(H,23,26). The molecule has 5 heteroatoms. The van der Waals surface area contributed by atoms with Gasteiger partial charge in [-0.05, 0) is 57.0 Å². The number of amides is 2. The number of rotatable bonds is 9. The molecule has 0 radical (unpaired) electrons. The maximum atomic E-state index is 12.5. The van der Waals surface area contributed by atoms with Crippen LogP contribution in [0.4, 0.5) is 5.69 Å². The van der Waals surface area contributed by atoms with Crippen molar-refractivity contribution in [3.8, 4) is 0 Å². The van der Waals surface area contributed by atoms with Crippen molar-refractivity contribution in [1.82, 2.24) is 10.2 Å². The Balaban J connectivity index is 1.90. The Hall–Kier alpha value is -1.88. The average molecular weight is 360 g/mol. The zero-order chi connectivity index (χ0) is 18.8. The number of nitrogens with one attached hydrogen (secondary N) is 2. The second kappa shape index (κ2) is 11.0. The van der Waals surface area contributed by atoms with Crippen molar-refractivity contribution in [2.45, 2.75) is 64.8 Å². The lowest BCUT2D eigenvalue weighted by atomic mass is 9.95. The summed E-state index contributed by atoms with van der Waals surface area (Å²) in [5.74, 6) is -0.0802. The molecule has 1 aliphatic carbocycles. The number of hydrogen-bond acceptors (Lipinski definition) is 3. The summed E-state index contributed by atoms with van der Waals surface area (Å²) in [6, 6.07) is 7.50. The zero-order valence-electron chi connectivity index (χ0n) is 16.2. The van der Waals surface area contributed by atoms with Crippen LogP contribution in [0.15, 0.2) is 24.3 Å². The molecule has 26 heavy (non-hydrogen) atoms. The first-order valence-corrected chi connectivity index (χ1v) is 10.1. The van der Waals surface area contributed by atoms with Gasteiger partial charge in [-0.1, -0.05) is 39.2 Å². The van der Waals surface area contributed by atoms with Crippen LogP contribution in [0.3, 0.4) is 0 Å². The van der Waals surface area contributed by atoms with Gasteiger partial charge in [0.05, 0.1) is 6.54 Å². The maximum Gasteiger partial charge on any atom is 0.251 e. The largest absolute Gasteiger partial charge is 0.349 e. The minimum atomic E-state index is -0.0495. The molecular weight excluding hydrogens is 326 g/mol. The number of anilines is 1. The van der Waals surface area contributed by atoms with Crippen LogP contribution in [0.2, 0.25) is 0 Å². The summed E-state index contributed by atoms with van der Waals surface area (Å²) in [5, 5.41) is 6.05. The summed E-state index contributed by atoms with van der Waals surface area (Å²) in [7, 11) is 0. The molecule has 0 saturated heterocycles. The van der Waals surface area contributed by atoms with Crippen LogP contribution < -0.4 is 10.6 Å². The van der Waals surface area contributed by atoms with Gasteiger partial charge in [0.15, 0.2) is 0 Å². The number of benzene rings is 1. The van der Waals surface area contributed by atoms with Gasteiger partial charge in [0, 0.05) is 17.3 Å². The van der Waals surface area contributed by atoms with Crippen LogP contribution in [0.1, 0.15) is 69.2 Å². The fraction of sp³-hybridized carbons (Fsp3) is 0.619. The van der Waals surface area contributed by atoms with E-state index in [9.17, 15) is 9.59 Å². The van der Waals surface area contributed by atoms with Crippen LogP contribution >= 0.6 is 0 Å². The molecule has 1 saturated carbocycles. The van der Waals surface area contributed by atoms with E-state index in [-0.39, 0.29) is 17.9 Å². The Morgan fingerprint density at radius 3 is 2.42 bits per heavy atom. The van der Waals surface area contributed by atoms with E-state index in [0.29, 0.717) is 17.8 Å². The van der Waals surface area contributed by atoms with Gasteiger partial charge < -0.3 is 10.6 Å². The molecule has 0 aromatic heterocycles. The third kappa shape index (κ3) is 6.79. The lowest BCUT2D eigenvalue weighted by molar-refractivity contribution is -0.117. The number of nitrogens with zero attached hydrogens (tertiary/aromatic N) is 1. The summed E-state index contributed by atoms with van der Waals surface area (Å²) in [4.78, 5) is 26.9. The maximum absolute atomic E-state index is 12.5. The van der Waals surface area contributed by atoms with Gasteiger partial charge in [-0.15, -0.1) is 0 Å². The average Bonchev–Trinajstić information content (AvgIpc) is 2.63. The third-order valence-electron chi connectivity index (χ3n) is 4.80. The van der Waals surface area contributed by atoms with Gasteiger partial charge in [-0.2, -0.15) is 0 Å². The predicted molar refractivity (Wildman–Crippen MR) is 106 cm³/mol. The third-order valence-corrected chi connectivity index (χ3v) is 4.80. The van der Waals surface area contributed by atoms with Crippen LogP contribution in [-0.2, 0) is 4.79 Å². The SMILES string of the molecule is CCCN(CCC)CC(=O)Nc1cccc(C(=O)NC2CCCCC2)c1. The Labute approximate surface area is 157 Å². The van der Waals surface area contributed by atoms with Crippen LogP contribution in [0.25, 0.3) is 0 Å². The van der Waals surface area contributed by atoms with E-state index in [4.69, 9.17) is 0 Å². The molecule has 0 unspecified atom stereocenters. The van der Waals surface area contributed by atoms with E-state index in [1.807, 2.05) is 12.1 Å². The number of hydrogen-bond donors (Lipinski definition) is 2. The topological polar surface area (TPSA) is 61.4 Å². The molecule has 1 fully saturated rings. The minimum absolute atomic E-state index is 0.0308. The molecule has 2 N–H and O–H groups in total. The lowest BCUT2D eigenvalue weighted by Gasteiger charge is -2.23. The molecule has 2 amide bonds. The van der Waals surface area contributed by atoms with Gasteiger partial charge in [0.25, 0.3) is 5.91 Å². The van der Waals surface area contributed by atoms with Crippen molar-refractivity contribution in [1.29, 1.82) is 0 Å². The Morgan fingerprint density at radius 1 is 1.08 bits per heavy atom. The van der Waals surface area contributed by atoms with Crippen molar-refractivity contribution < 1.29 is 9.59 Å². The highest BCUT2D eigenvalue weighted by atomic mass is 16.2. The highest BCUT2D eigenvalue weighted by Gasteiger charge is 2.17. The predicted octanol–water partition coefficient (Wildman–Crippen LogP) is 3.81. The van der Waals surface area contributed by atoms with Crippen LogP contribution in [0, 0.1) is 0 Å². The Kier molecular flexibility index (Phi) is 8.62. The highest BCUT2D eigenvalue weighted by Crippen LogP contribution is 2.18. The van der Waals surface area contributed by atoms with Crippen molar-refractivity contribution in [2.24, 2.45) is 0 Å². The van der Waals surface area contributed by atoms with E-state index in [1.165, 1.54) is 19.3 Å². The molecule has 0 aliphatic heterocycles. The Bertz CT molecular complexity index is 576. The van der Waals surface area contributed by atoms with E-state index >= 15 is 0 Å². The summed E-state index contributed by atoms with van der Waals surface area (Å²) in [5.41, 5.74) is 1.28. The Morgan fingerprint density at radius 2 is 1.77 bits per heavy atom.